The van der Waals surface area contributed by atoms with E-state index in [0.29, 0.717) is 6.42 Å². The predicted molar refractivity (Wildman–Crippen MR) is 80.2 cm³/mol. The summed E-state index contributed by atoms with van der Waals surface area (Å²) in [6.07, 6.45) is 0.446. The molecule has 1 unspecified atom stereocenters. The maximum absolute atomic E-state index is 13.5. The van der Waals surface area contributed by atoms with Crippen LogP contribution in [0.1, 0.15) is 35.3 Å². The Hall–Kier alpha value is -1.39. The molecule has 0 bridgehead atoms. The second-order valence-corrected chi connectivity index (χ2v) is 6.05. The summed E-state index contributed by atoms with van der Waals surface area (Å²) in [7, 11) is 0. The first-order chi connectivity index (χ1) is 9.54. The molecule has 4 heteroatoms. The highest BCUT2D eigenvalue weighted by atomic mass is 79.9. The Kier molecular flexibility index (Phi) is 3.52. The fraction of sp³-hybridized carbons (Fsp3) is 0.250. The minimum atomic E-state index is -0.247. The molecule has 20 heavy (non-hydrogen) atoms. The van der Waals surface area contributed by atoms with Crippen LogP contribution < -0.4 is 10.5 Å². The third kappa shape index (κ3) is 2.45. The summed E-state index contributed by atoms with van der Waals surface area (Å²) in [6.45, 7) is 1.96. The van der Waals surface area contributed by atoms with Crippen molar-refractivity contribution < 1.29 is 9.13 Å². The predicted octanol–water partition coefficient (Wildman–Crippen LogP) is 4.42. The van der Waals surface area contributed by atoms with Crippen molar-refractivity contribution in [2.45, 2.75) is 25.5 Å². The Labute approximate surface area is 125 Å². The van der Waals surface area contributed by atoms with Gasteiger partial charge in [0.1, 0.15) is 17.7 Å². The topological polar surface area (TPSA) is 35.2 Å². The number of halogens is 2. The van der Waals surface area contributed by atoms with Crippen LogP contribution in [-0.2, 0) is 0 Å². The zero-order valence-corrected chi connectivity index (χ0v) is 12.7. The number of ether oxygens (including phenoxy) is 1. The van der Waals surface area contributed by atoms with E-state index in [1.165, 1.54) is 12.1 Å². The van der Waals surface area contributed by atoms with Gasteiger partial charge in [-0.1, -0.05) is 28.1 Å². The lowest BCUT2D eigenvalue weighted by atomic mass is 9.92. The molecule has 0 aliphatic carbocycles. The largest absolute Gasteiger partial charge is 0.485 e. The van der Waals surface area contributed by atoms with Crippen molar-refractivity contribution in [2.24, 2.45) is 5.73 Å². The highest BCUT2D eigenvalue weighted by molar-refractivity contribution is 9.10. The number of rotatable bonds is 1. The van der Waals surface area contributed by atoms with Crippen LogP contribution in [0.2, 0.25) is 0 Å². The normalized spacial score (nSPS) is 21.2. The Morgan fingerprint density at radius 3 is 2.80 bits per heavy atom. The summed E-state index contributed by atoms with van der Waals surface area (Å²) < 4.78 is 20.4. The lowest BCUT2D eigenvalue weighted by molar-refractivity contribution is 0.160. The molecule has 0 fully saturated rings. The van der Waals surface area contributed by atoms with Gasteiger partial charge in [-0.3, -0.25) is 0 Å². The van der Waals surface area contributed by atoms with Crippen LogP contribution in [0.4, 0.5) is 4.39 Å². The molecule has 1 aliphatic rings. The maximum Gasteiger partial charge on any atom is 0.126 e. The molecule has 2 aromatic rings. The monoisotopic (exact) mass is 335 g/mol. The molecule has 0 amide bonds. The van der Waals surface area contributed by atoms with E-state index >= 15 is 0 Å². The molecular weight excluding hydrogens is 321 g/mol. The molecule has 0 spiro atoms. The van der Waals surface area contributed by atoms with Gasteiger partial charge < -0.3 is 10.5 Å². The van der Waals surface area contributed by atoms with Crippen LogP contribution in [-0.4, -0.2) is 0 Å². The summed E-state index contributed by atoms with van der Waals surface area (Å²) >= 11 is 3.43. The Bertz CT molecular complexity index is 659. The van der Waals surface area contributed by atoms with Crippen LogP contribution in [0.3, 0.4) is 0 Å². The van der Waals surface area contributed by atoms with E-state index < -0.39 is 0 Å². The average Bonchev–Trinajstić information content (AvgIpc) is 2.41. The van der Waals surface area contributed by atoms with Gasteiger partial charge in [0.25, 0.3) is 0 Å². The lowest BCUT2D eigenvalue weighted by Gasteiger charge is -2.31. The smallest absolute Gasteiger partial charge is 0.126 e. The van der Waals surface area contributed by atoms with E-state index in [2.05, 4.69) is 15.9 Å². The number of fused-ring (bicyclic) bond motifs is 1. The Morgan fingerprint density at radius 1 is 1.20 bits per heavy atom. The number of benzene rings is 2. The first-order valence-corrected chi connectivity index (χ1v) is 7.31. The van der Waals surface area contributed by atoms with E-state index in [1.54, 1.807) is 6.07 Å². The van der Waals surface area contributed by atoms with Gasteiger partial charge in [0.15, 0.2) is 0 Å². The molecule has 1 aliphatic heterocycles. The van der Waals surface area contributed by atoms with Gasteiger partial charge in [0, 0.05) is 22.5 Å². The molecule has 2 nitrogen and oxygen atoms in total. The second kappa shape index (κ2) is 5.19. The molecule has 104 valence electrons. The quantitative estimate of drug-likeness (QED) is 0.837. The van der Waals surface area contributed by atoms with Gasteiger partial charge in [0.2, 0.25) is 0 Å². The molecule has 2 atom stereocenters. The SMILES string of the molecule is Cc1ccc(F)cc1C1C[C@H](N)c2ccc(Br)cc2O1. The highest BCUT2D eigenvalue weighted by Gasteiger charge is 2.28. The van der Waals surface area contributed by atoms with E-state index in [1.807, 2.05) is 25.1 Å². The summed E-state index contributed by atoms with van der Waals surface area (Å²) in [5.41, 5.74) is 9.10. The number of hydrogen-bond acceptors (Lipinski definition) is 2. The molecule has 0 radical (unpaired) electrons. The van der Waals surface area contributed by atoms with Gasteiger partial charge in [-0.15, -0.1) is 0 Å². The summed E-state index contributed by atoms with van der Waals surface area (Å²) in [6, 6.07) is 10.5. The Balaban J connectivity index is 2.00. The number of nitrogens with two attached hydrogens (primary N) is 1. The molecule has 2 N–H and O–H groups in total. The summed E-state index contributed by atoms with van der Waals surface area (Å²) in [5.74, 6) is 0.523. The molecule has 0 saturated heterocycles. The van der Waals surface area contributed by atoms with Crippen LogP contribution in [0, 0.1) is 12.7 Å². The van der Waals surface area contributed by atoms with Gasteiger partial charge in [-0.25, -0.2) is 4.39 Å². The first kappa shape index (κ1) is 13.6. The summed E-state index contributed by atoms with van der Waals surface area (Å²) in [4.78, 5) is 0. The van der Waals surface area contributed by atoms with Gasteiger partial charge in [0.05, 0.1) is 0 Å². The molecule has 0 aromatic heterocycles. The van der Waals surface area contributed by atoms with E-state index in [9.17, 15) is 4.39 Å². The van der Waals surface area contributed by atoms with Crippen LogP contribution in [0.25, 0.3) is 0 Å². The highest BCUT2D eigenvalue weighted by Crippen LogP contribution is 2.41. The van der Waals surface area contributed by atoms with Crippen molar-refractivity contribution in [1.29, 1.82) is 0 Å². The van der Waals surface area contributed by atoms with E-state index in [0.717, 1.165) is 26.9 Å². The van der Waals surface area contributed by atoms with Crippen molar-refractivity contribution in [3.05, 3.63) is 63.4 Å². The van der Waals surface area contributed by atoms with Crippen molar-refractivity contribution in [3.8, 4) is 5.75 Å². The third-order valence-electron chi connectivity index (χ3n) is 3.70. The summed E-state index contributed by atoms with van der Waals surface area (Å²) in [5, 5.41) is 0. The van der Waals surface area contributed by atoms with Crippen molar-refractivity contribution in [1.82, 2.24) is 0 Å². The molecule has 1 heterocycles. The Morgan fingerprint density at radius 2 is 2.00 bits per heavy atom. The second-order valence-electron chi connectivity index (χ2n) is 5.13. The van der Waals surface area contributed by atoms with Crippen molar-refractivity contribution in [2.75, 3.05) is 0 Å². The first-order valence-electron chi connectivity index (χ1n) is 6.52. The van der Waals surface area contributed by atoms with E-state index in [-0.39, 0.29) is 18.0 Å². The average molecular weight is 336 g/mol. The third-order valence-corrected chi connectivity index (χ3v) is 4.19. The molecule has 2 aromatic carbocycles. The minimum absolute atomic E-state index is 0.0977. The van der Waals surface area contributed by atoms with E-state index in [4.69, 9.17) is 10.5 Å². The van der Waals surface area contributed by atoms with Crippen molar-refractivity contribution in [3.63, 3.8) is 0 Å². The molecule has 3 rings (SSSR count). The van der Waals surface area contributed by atoms with Crippen LogP contribution in [0.15, 0.2) is 40.9 Å². The van der Waals surface area contributed by atoms with Gasteiger partial charge >= 0.3 is 0 Å². The lowest BCUT2D eigenvalue weighted by Crippen LogP contribution is -2.24. The fourth-order valence-corrected chi connectivity index (χ4v) is 2.96. The van der Waals surface area contributed by atoms with Gasteiger partial charge in [-0.2, -0.15) is 0 Å². The van der Waals surface area contributed by atoms with Gasteiger partial charge in [-0.05, 0) is 42.3 Å². The zero-order chi connectivity index (χ0) is 14.3. The van der Waals surface area contributed by atoms with Crippen molar-refractivity contribution >= 4 is 15.9 Å². The van der Waals surface area contributed by atoms with Crippen LogP contribution >= 0.6 is 15.9 Å². The van der Waals surface area contributed by atoms with Crippen LogP contribution in [0.5, 0.6) is 5.75 Å². The number of aryl methyl sites for hydroxylation is 1. The minimum Gasteiger partial charge on any atom is -0.485 e. The zero-order valence-electron chi connectivity index (χ0n) is 11.1. The number of hydrogen-bond donors (Lipinski definition) is 1. The molecule has 0 saturated carbocycles. The molecular formula is C16H15BrFNO. The fourth-order valence-electron chi connectivity index (χ4n) is 2.62. The standard InChI is InChI=1S/C16H15BrFNO/c1-9-2-4-11(18)7-13(9)16-8-14(19)12-5-3-10(17)6-15(12)20-16/h2-7,14,16H,8,19H2,1H3/t14-,16?/m0/s1. The maximum atomic E-state index is 13.5.